The van der Waals surface area contributed by atoms with Crippen LogP contribution in [0.15, 0.2) is 0 Å². The molecule has 112 valence electrons. The molecule has 0 aliphatic heterocycles. The topological polar surface area (TPSA) is 63.6 Å². The predicted molar refractivity (Wildman–Crippen MR) is 74.1 cm³/mol. The van der Waals surface area contributed by atoms with Crippen LogP contribution >= 0.6 is 0 Å². The van der Waals surface area contributed by atoms with Gasteiger partial charge in [-0.15, -0.1) is 0 Å². The van der Waals surface area contributed by atoms with Gasteiger partial charge in [-0.2, -0.15) is 8.42 Å². The maximum absolute atomic E-state index is 10.8. The SMILES string of the molecule is O=S(=O)(O)OCC(C1CCCCC1)C1CCCCC1. The summed E-state index contributed by atoms with van der Waals surface area (Å²) in [4.78, 5) is 0. The van der Waals surface area contributed by atoms with E-state index in [1.165, 1.54) is 64.2 Å². The summed E-state index contributed by atoms with van der Waals surface area (Å²) in [6.07, 6.45) is 12.4. The molecule has 4 nitrogen and oxygen atoms in total. The molecule has 2 saturated carbocycles. The van der Waals surface area contributed by atoms with Gasteiger partial charge in [0.25, 0.3) is 0 Å². The van der Waals surface area contributed by atoms with Gasteiger partial charge in [0.1, 0.15) is 0 Å². The molecule has 0 aromatic carbocycles. The average Bonchev–Trinajstić information content (AvgIpc) is 2.40. The van der Waals surface area contributed by atoms with Crippen molar-refractivity contribution in [1.29, 1.82) is 0 Å². The van der Waals surface area contributed by atoms with Gasteiger partial charge in [0, 0.05) is 0 Å². The maximum atomic E-state index is 10.8. The van der Waals surface area contributed by atoms with Gasteiger partial charge < -0.3 is 0 Å². The minimum atomic E-state index is -4.30. The van der Waals surface area contributed by atoms with Crippen LogP contribution in [0, 0.1) is 17.8 Å². The Labute approximate surface area is 116 Å². The highest BCUT2D eigenvalue weighted by atomic mass is 32.3. The van der Waals surface area contributed by atoms with Gasteiger partial charge in [0.05, 0.1) is 6.61 Å². The molecule has 0 aromatic heterocycles. The molecule has 0 aromatic rings. The van der Waals surface area contributed by atoms with Crippen LogP contribution in [0.2, 0.25) is 0 Å². The summed E-state index contributed by atoms with van der Waals surface area (Å²) in [6, 6.07) is 0. The molecule has 2 rings (SSSR count). The molecule has 0 unspecified atom stereocenters. The van der Waals surface area contributed by atoms with Crippen molar-refractivity contribution in [1.82, 2.24) is 0 Å². The summed E-state index contributed by atoms with van der Waals surface area (Å²) < 4.78 is 35.2. The van der Waals surface area contributed by atoms with Gasteiger partial charge in [0.2, 0.25) is 0 Å². The maximum Gasteiger partial charge on any atom is 0.397 e. The van der Waals surface area contributed by atoms with E-state index in [2.05, 4.69) is 0 Å². The molecule has 0 radical (unpaired) electrons. The molecule has 1 N–H and O–H groups in total. The third-order valence-corrected chi connectivity index (χ3v) is 5.35. The van der Waals surface area contributed by atoms with E-state index in [4.69, 9.17) is 8.74 Å². The van der Waals surface area contributed by atoms with Crippen molar-refractivity contribution in [3.63, 3.8) is 0 Å². The highest BCUT2D eigenvalue weighted by Gasteiger charge is 2.32. The zero-order valence-corrected chi connectivity index (χ0v) is 12.4. The van der Waals surface area contributed by atoms with E-state index < -0.39 is 10.4 Å². The van der Waals surface area contributed by atoms with Crippen molar-refractivity contribution >= 4 is 10.4 Å². The molecule has 2 aliphatic carbocycles. The Morgan fingerprint density at radius 2 is 1.32 bits per heavy atom. The van der Waals surface area contributed by atoms with Gasteiger partial charge in [-0.05, 0) is 17.8 Å². The fraction of sp³-hybridized carbons (Fsp3) is 1.00. The third-order valence-electron chi connectivity index (χ3n) is 4.92. The second-order valence-corrected chi connectivity index (χ2v) is 7.26. The fourth-order valence-electron chi connectivity index (χ4n) is 3.95. The summed E-state index contributed by atoms with van der Waals surface area (Å²) in [6.45, 7) is 0.175. The van der Waals surface area contributed by atoms with E-state index in [9.17, 15) is 8.42 Å². The van der Waals surface area contributed by atoms with E-state index in [0.29, 0.717) is 17.8 Å². The van der Waals surface area contributed by atoms with Crippen LogP contribution in [-0.2, 0) is 14.6 Å². The molecule has 0 heterocycles. The number of hydrogen-bond donors (Lipinski definition) is 1. The van der Waals surface area contributed by atoms with Gasteiger partial charge in [0.15, 0.2) is 0 Å². The lowest BCUT2D eigenvalue weighted by atomic mass is 9.70. The van der Waals surface area contributed by atoms with E-state index in [1.807, 2.05) is 0 Å². The zero-order valence-electron chi connectivity index (χ0n) is 11.6. The fourth-order valence-corrected chi connectivity index (χ4v) is 4.28. The first-order valence-corrected chi connectivity index (χ1v) is 9.04. The Bertz CT molecular complexity index is 336. The van der Waals surface area contributed by atoms with Crippen molar-refractivity contribution in [2.75, 3.05) is 6.61 Å². The lowest BCUT2D eigenvalue weighted by Gasteiger charge is -2.37. The number of rotatable bonds is 5. The van der Waals surface area contributed by atoms with Crippen molar-refractivity contribution in [2.45, 2.75) is 64.2 Å². The monoisotopic (exact) mass is 290 g/mol. The Balaban J connectivity index is 1.98. The second-order valence-electron chi connectivity index (χ2n) is 6.17. The van der Waals surface area contributed by atoms with Gasteiger partial charge >= 0.3 is 10.4 Å². The third kappa shape index (κ3) is 5.04. The molecular formula is C14H26O4S. The summed E-state index contributed by atoms with van der Waals surface area (Å²) in [7, 11) is -4.30. The van der Waals surface area contributed by atoms with Crippen molar-refractivity contribution in [2.24, 2.45) is 17.8 Å². The smallest absolute Gasteiger partial charge is 0.264 e. The van der Waals surface area contributed by atoms with Crippen LogP contribution in [0.5, 0.6) is 0 Å². The van der Waals surface area contributed by atoms with Crippen molar-refractivity contribution in [3.8, 4) is 0 Å². The first-order chi connectivity index (χ1) is 9.06. The van der Waals surface area contributed by atoms with Gasteiger partial charge in [-0.25, -0.2) is 4.18 Å². The van der Waals surface area contributed by atoms with E-state index in [-0.39, 0.29) is 6.61 Å². The van der Waals surface area contributed by atoms with Crippen LogP contribution in [0.25, 0.3) is 0 Å². The molecule has 0 bridgehead atoms. The largest absolute Gasteiger partial charge is 0.397 e. The summed E-state index contributed by atoms with van der Waals surface area (Å²) >= 11 is 0. The summed E-state index contributed by atoms with van der Waals surface area (Å²) in [5.41, 5.74) is 0. The molecular weight excluding hydrogens is 264 g/mol. The van der Waals surface area contributed by atoms with E-state index in [0.717, 1.165) is 0 Å². The summed E-state index contributed by atoms with van der Waals surface area (Å²) in [5, 5.41) is 0. The van der Waals surface area contributed by atoms with E-state index in [1.54, 1.807) is 0 Å². The molecule has 19 heavy (non-hydrogen) atoms. The summed E-state index contributed by atoms with van der Waals surface area (Å²) in [5.74, 6) is 1.47. The first-order valence-electron chi connectivity index (χ1n) is 7.68. The highest BCUT2D eigenvalue weighted by molar-refractivity contribution is 7.80. The molecule has 0 amide bonds. The quantitative estimate of drug-likeness (QED) is 0.786. The Kier molecular flexibility index (Phi) is 5.66. The first kappa shape index (κ1) is 15.3. The van der Waals surface area contributed by atoms with Gasteiger partial charge in [-0.3, -0.25) is 4.55 Å². The Morgan fingerprint density at radius 3 is 1.68 bits per heavy atom. The lowest BCUT2D eigenvalue weighted by Crippen LogP contribution is -2.31. The van der Waals surface area contributed by atoms with Gasteiger partial charge in [-0.1, -0.05) is 64.2 Å². The standard InChI is InChI=1S/C14H26O4S/c15-19(16,17)18-11-14(12-7-3-1-4-8-12)13-9-5-2-6-10-13/h12-14H,1-11H2,(H,15,16,17). The Morgan fingerprint density at radius 1 is 0.895 bits per heavy atom. The molecule has 2 fully saturated rings. The minimum Gasteiger partial charge on any atom is -0.264 e. The molecule has 2 aliphatic rings. The normalized spacial score (nSPS) is 23.9. The van der Waals surface area contributed by atoms with Crippen LogP contribution in [0.4, 0.5) is 0 Å². The van der Waals surface area contributed by atoms with E-state index >= 15 is 0 Å². The van der Waals surface area contributed by atoms with Crippen molar-refractivity contribution in [3.05, 3.63) is 0 Å². The number of hydrogen-bond acceptors (Lipinski definition) is 3. The second kappa shape index (κ2) is 7.04. The molecule has 0 saturated heterocycles. The Hall–Kier alpha value is -0.130. The van der Waals surface area contributed by atoms with Crippen LogP contribution in [-0.4, -0.2) is 19.6 Å². The minimum absolute atomic E-state index is 0.175. The average molecular weight is 290 g/mol. The van der Waals surface area contributed by atoms with Crippen LogP contribution in [0.1, 0.15) is 64.2 Å². The molecule has 0 spiro atoms. The predicted octanol–water partition coefficient (Wildman–Crippen LogP) is 3.58. The molecule has 5 heteroatoms. The van der Waals surface area contributed by atoms with Crippen LogP contribution in [0.3, 0.4) is 0 Å². The highest BCUT2D eigenvalue weighted by Crippen LogP contribution is 2.40. The van der Waals surface area contributed by atoms with Crippen LogP contribution < -0.4 is 0 Å². The zero-order chi connectivity index (χ0) is 13.7. The molecule has 0 atom stereocenters. The lowest BCUT2D eigenvalue weighted by molar-refractivity contribution is 0.0861. The van der Waals surface area contributed by atoms with Crippen molar-refractivity contribution < 1.29 is 17.2 Å².